The van der Waals surface area contributed by atoms with Crippen molar-refractivity contribution in [2.24, 2.45) is 5.92 Å². The lowest BCUT2D eigenvalue weighted by Crippen LogP contribution is -2.36. The van der Waals surface area contributed by atoms with Crippen LogP contribution in [0.25, 0.3) is 0 Å². The molecule has 0 amide bonds. The van der Waals surface area contributed by atoms with Gasteiger partial charge in [0.25, 0.3) is 0 Å². The molecule has 0 bridgehead atoms. The molecule has 0 saturated carbocycles. The third-order valence-corrected chi connectivity index (χ3v) is 13.5. The second kappa shape index (κ2) is 36.9. The predicted molar refractivity (Wildman–Crippen MR) is 273 cm³/mol. The molecule has 0 aliphatic carbocycles. The van der Waals surface area contributed by atoms with Gasteiger partial charge in [0.2, 0.25) is 0 Å². The number of nitrogen functional groups attached to an aromatic ring is 1. The van der Waals surface area contributed by atoms with Crippen molar-refractivity contribution in [3.63, 3.8) is 0 Å². The zero-order chi connectivity index (χ0) is 53.2. The van der Waals surface area contributed by atoms with Crippen LogP contribution in [-0.2, 0) is 46.3 Å². The molecule has 1 aromatic rings. The van der Waals surface area contributed by atoms with Crippen LogP contribution in [0.2, 0.25) is 0 Å². The first-order valence-corrected chi connectivity index (χ1v) is 28.0. The van der Waals surface area contributed by atoms with Gasteiger partial charge in [-0.15, -0.1) is 0 Å². The van der Waals surface area contributed by atoms with E-state index in [1.165, 1.54) is 38.2 Å². The van der Waals surface area contributed by atoms with Crippen molar-refractivity contribution >= 4 is 33.4 Å². The number of hydrogen-bond donors (Lipinski definition) is 7. The number of phosphoric acid groups is 2. The highest BCUT2D eigenvalue weighted by Gasteiger charge is 2.46. The number of nitrogens with zero attached hydrogens (tertiary/aromatic N) is 2. The van der Waals surface area contributed by atoms with E-state index < -0.39 is 95.9 Å². The summed E-state index contributed by atoms with van der Waals surface area (Å²) in [5.74, 6) is -0.766. The van der Waals surface area contributed by atoms with Crippen molar-refractivity contribution in [1.29, 1.82) is 0 Å². The summed E-state index contributed by atoms with van der Waals surface area (Å²) in [5, 5.41) is 41.0. The van der Waals surface area contributed by atoms with E-state index in [1.54, 1.807) is 42.5 Å². The molecule has 1 aliphatic rings. The number of ether oxygens (including phenoxy) is 3. The molecule has 72 heavy (non-hydrogen) atoms. The van der Waals surface area contributed by atoms with Crippen LogP contribution < -0.4 is 11.4 Å². The average molecular weight is 1060 g/mol. The summed E-state index contributed by atoms with van der Waals surface area (Å²) in [4.78, 5) is 61.9. The highest BCUT2D eigenvalue weighted by atomic mass is 31.3. The SMILES string of the molecule is CC/C=C\C[C@@H](O)/C=C/C=C\C/C=C\C=C\[C@@H](O)/C=C\CCCC(=O)OC[C@H](COP(=O)(O)OP(=O)(O)OC[C@H]1O[C@@H](n2ccc(N)nc2=O)[C@H](O)[C@@H]1O)OC(=O)CCCCCCCCCCCCC(C)C. The Bertz CT molecular complexity index is 2040. The van der Waals surface area contributed by atoms with E-state index in [-0.39, 0.29) is 18.7 Å². The number of rotatable bonds is 39. The van der Waals surface area contributed by atoms with Crippen LogP contribution in [0.5, 0.6) is 0 Å². The second-order valence-electron chi connectivity index (χ2n) is 17.8. The number of allylic oxidation sites excluding steroid dienone is 8. The maximum absolute atomic E-state index is 12.8. The molecule has 2 rings (SSSR count). The highest BCUT2D eigenvalue weighted by molar-refractivity contribution is 7.61. The normalized spacial score (nSPS) is 20.6. The molecule has 2 unspecified atom stereocenters. The van der Waals surface area contributed by atoms with E-state index in [1.807, 2.05) is 37.3 Å². The highest BCUT2D eigenvalue weighted by Crippen LogP contribution is 2.60. The second-order valence-corrected chi connectivity index (χ2v) is 20.9. The number of aliphatic hydroxyl groups is 4. The fourth-order valence-corrected chi connectivity index (χ4v) is 9.11. The minimum absolute atomic E-state index is 0.00442. The zero-order valence-electron chi connectivity index (χ0n) is 42.1. The lowest BCUT2D eigenvalue weighted by atomic mass is 10.0. The minimum atomic E-state index is -5.47. The molecular formula is C50H81N3O17P2. The van der Waals surface area contributed by atoms with E-state index in [4.69, 9.17) is 29.0 Å². The van der Waals surface area contributed by atoms with E-state index >= 15 is 0 Å². The molecule has 0 radical (unpaired) electrons. The number of anilines is 1. The van der Waals surface area contributed by atoms with Crippen molar-refractivity contribution < 1.29 is 76.5 Å². The Morgan fingerprint density at radius 3 is 2.07 bits per heavy atom. The number of unbranched alkanes of at least 4 members (excludes halogenated alkanes) is 10. The number of carbonyl (C=O) groups is 2. The van der Waals surface area contributed by atoms with Gasteiger partial charge in [-0.3, -0.25) is 23.2 Å². The van der Waals surface area contributed by atoms with Crippen molar-refractivity contribution in [3.05, 3.63) is 95.7 Å². The monoisotopic (exact) mass is 1060 g/mol. The molecule has 8 N–H and O–H groups in total. The van der Waals surface area contributed by atoms with Crippen LogP contribution in [0.4, 0.5) is 5.82 Å². The largest absolute Gasteiger partial charge is 0.481 e. The van der Waals surface area contributed by atoms with Crippen LogP contribution in [0.1, 0.15) is 143 Å². The quantitative estimate of drug-likeness (QED) is 0.0108. The van der Waals surface area contributed by atoms with E-state index in [9.17, 15) is 53.7 Å². The number of hydrogen-bond acceptors (Lipinski definition) is 17. The number of aliphatic hydroxyl groups excluding tert-OH is 4. The molecule has 20 nitrogen and oxygen atoms in total. The molecule has 2 heterocycles. The van der Waals surface area contributed by atoms with E-state index in [0.29, 0.717) is 32.1 Å². The first kappa shape index (κ1) is 64.2. The molecule has 9 atom stereocenters. The van der Waals surface area contributed by atoms with Gasteiger partial charge in [0.15, 0.2) is 12.3 Å². The minimum Gasteiger partial charge on any atom is -0.462 e. The van der Waals surface area contributed by atoms with Gasteiger partial charge >= 0.3 is 33.3 Å². The van der Waals surface area contributed by atoms with E-state index in [2.05, 4.69) is 23.1 Å². The molecule has 22 heteroatoms. The number of carbonyl (C=O) groups excluding carboxylic acids is 2. The van der Waals surface area contributed by atoms with Gasteiger partial charge in [0.1, 0.15) is 30.7 Å². The molecular weight excluding hydrogens is 977 g/mol. The summed E-state index contributed by atoms with van der Waals surface area (Å²) in [6.07, 6.45) is 27.9. The Kier molecular flexibility index (Phi) is 33.0. The van der Waals surface area contributed by atoms with Gasteiger partial charge in [-0.05, 0) is 50.5 Å². The summed E-state index contributed by atoms with van der Waals surface area (Å²) in [6.45, 7) is 4.03. The van der Waals surface area contributed by atoms with Gasteiger partial charge in [-0.25, -0.2) is 13.9 Å². The van der Waals surface area contributed by atoms with Crippen LogP contribution in [0, 0.1) is 5.92 Å². The lowest BCUT2D eigenvalue weighted by Gasteiger charge is -2.21. The lowest BCUT2D eigenvalue weighted by molar-refractivity contribution is -0.161. The fourth-order valence-electron chi connectivity index (χ4n) is 7.00. The third kappa shape index (κ3) is 30.3. The summed E-state index contributed by atoms with van der Waals surface area (Å²) in [5.41, 5.74) is 4.56. The summed E-state index contributed by atoms with van der Waals surface area (Å²) >= 11 is 0. The Hall–Kier alpha value is -3.88. The first-order chi connectivity index (χ1) is 34.3. The molecule has 408 valence electrons. The maximum Gasteiger partial charge on any atom is 0.481 e. The predicted octanol–water partition coefficient (Wildman–Crippen LogP) is 7.91. The Morgan fingerprint density at radius 2 is 1.42 bits per heavy atom. The van der Waals surface area contributed by atoms with Crippen molar-refractivity contribution in [2.75, 3.05) is 25.6 Å². The van der Waals surface area contributed by atoms with Crippen LogP contribution in [0.3, 0.4) is 0 Å². The van der Waals surface area contributed by atoms with Gasteiger partial charge in [-0.1, -0.05) is 158 Å². The molecule has 0 spiro atoms. The first-order valence-electron chi connectivity index (χ1n) is 25.0. The van der Waals surface area contributed by atoms with Gasteiger partial charge in [-0.2, -0.15) is 9.29 Å². The molecule has 1 saturated heterocycles. The zero-order valence-corrected chi connectivity index (χ0v) is 43.9. The van der Waals surface area contributed by atoms with Crippen LogP contribution in [0.15, 0.2) is 90.0 Å². The number of aromatic nitrogens is 2. The third-order valence-electron chi connectivity index (χ3n) is 10.9. The summed E-state index contributed by atoms with van der Waals surface area (Å²) in [7, 11) is -10.9. The Balaban J connectivity index is 1.86. The topological polar surface area (TPSA) is 306 Å². The number of nitrogens with two attached hydrogens (primary N) is 1. The Morgan fingerprint density at radius 1 is 0.792 bits per heavy atom. The van der Waals surface area contributed by atoms with Gasteiger partial charge in [0.05, 0.1) is 25.4 Å². The van der Waals surface area contributed by atoms with Crippen molar-refractivity contribution in [1.82, 2.24) is 9.55 Å². The smallest absolute Gasteiger partial charge is 0.462 e. The van der Waals surface area contributed by atoms with E-state index in [0.717, 1.165) is 55.2 Å². The standard InChI is InChI=1S/C50H81N3O17P2/c1-4-5-20-28-40(54)29-22-16-12-10-13-17-23-30-41(55)31-24-19-26-32-45(56)65-36-42(68-46(57)33-25-18-14-9-7-6-8-11-15-21-27-39(2)3)37-66-71(61,62)70-72(63,64)67-38-43-47(58)48(59)49(69-43)53-35-34-44(51)52-50(53)60/h5,12-13,16-17,20,22-24,29-31,34-35,39-43,47-49,54-55,58-59H,4,6-11,14-15,18-19,21,25-28,32-33,36-38H2,1-3H3,(H,61,62)(H,63,64)(H2,51,52,60)/b16-12-,17-13-,20-5-,29-22+,30-23+,31-24-/t40-,41-,42-,43-,47-,48-,49-/m1/s1. The van der Waals surface area contributed by atoms with Crippen molar-refractivity contribution in [2.45, 2.75) is 179 Å². The summed E-state index contributed by atoms with van der Waals surface area (Å²) < 4.78 is 56.6. The van der Waals surface area contributed by atoms with Crippen LogP contribution >= 0.6 is 15.6 Å². The maximum atomic E-state index is 12.8. The fraction of sp³-hybridized carbons (Fsp3) is 0.640. The van der Waals surface area contributed by atoms with Crippen molar-refractivity contribution in [3.8, 4) is 0 Å². The molecule has 1 fully saturated rings. The van der Waals surface area contributed by atoms with Gasteiger partial charge in [0, 0.05) is 19.0 Å². The molecule has 0 aromatic carbocycles. The van der Waals surface area contributed by atoms with Crippen LogP contribution in [-0.4, -0.2) is 108 Å². The summed E-state index contributed by atoms with van der Waals surface area (Å²) in [6, 6.07) is 1.23. The van der Waals surface area contributed by atoms with Gasteiger partial charge < -0.3 is 50.2 Å². The Labute approximate surface area is 424 Å². The molecule has 1 aliphatic heterocycles. The number of phosphoric ester groups is 2. The number of esters is 2. The molecule has 1 aromatic heterocycles. The average Bonchev–Trinajstić information content (AvgIpc) is 3.59.